The minimum Gasteiger partial charge on any atom is -0.361 e. The number of rotatable bonds is 6. The zero-order valence-corrected chi connectivity index (χ0v) is 14.1. The van der Waals surface area contributed by atoms with Crippen molar-refractivity contribution in [2.45, 2.75) is 6.42 Å². The third-order valence-electron chi connectivity index (χ3n) is 3.49. The van der Waals surface area contributed by atoms with E-state index in [0.717, 1.165) is 40.8 Å². The van der Waals surface area contributed by atoms with E-state index < -0.39 is 0 Å². The monoisotopic (exact) mass is 340 g/mol. The van der Waals surface area contributed by atoms with Crippen LogP contribution in [0.5, 0.6) is 0 Å². The van der Waals surface area contributed by atoms with Crippen LogP contribution in [0.3, 0.4) is 0 Å². The van der Waals surface area contributed by atoms with Crippen molar-refractivity contribution in [3.63, 3.8) is 0 Å². The minimum absolute atomic E-state index is 0.901. The molecule has 0 aliphatic carbocycles. The van der Waals surface area contributed by atoms with Gasteiger partial charge in [-0.25, -0.2) is 9.97 Å². The van der Waals surface area contributed by atoms with E-state index in [1.807, 2.05) is 36.4 Å². The van der Waals surface area contributed by atoms with Gasteiger partial charge in [0.15, 0.2) is 10.3 Å². The van der Waals surface area contributed by atoms with Crippen molar-refractivity contribution >= 4 is 53.4 Å². The van der Waals surface area contributed by atoms with Gasteiger partial charge in [-0.05, 0) is 30.7 Å². The van der Waals surface area contributed by atoms with Crippen molar-refractivity contribution in [2.75, 3.05) is 23.7 Å². The number of benzene rings is 2. The van der Waals surface area contributed by atoms with Gasteiger partial charge >= 0.3 is 0 Å². The first-order valence-corrected chi connectivity index (χ1v) is 9.21. The molecule has 0 amide bonds. The largest absolute Gasteiger partial charge is 0.361 e. The lowest BCUT2D eigenvalue weighted by Gasteiger charge is -2.03. The molecule has 4 aromatic rings. The van der Waals surface area contributed by atoms with Gasteiger partial charge < -0.3 is 10.6 Å². The molecule has 0 saturated heterocycles. The zero-order chi connectivity index (χ0) is 15.5. The summed E-state index contributed by atoms with van der Waals surface area (Å²) in [5.41, 5.74) is 2.13. The van der Waals surface area contributed by atoms with Gasteiger partial charge in [0.25, 0.3) is 0 Å². The van der Waals surface area contributed by atoms with Crippen molar-refractivity contribution in [1.29, 1.82) is 0 Å². The van der Waals surface area contributed by atoms with E-state index in [1.54, 1.807) is 22.7 Å². The van der Waals surface area contributed by atoms with Gasteiger partial charge in [-0.1, -0.05) is 46.9 Å². The summed E-state index contributed by atoms with van der Waals surface area (Å²) in [6, 6.07) is 16.4. The van der Waals surface area contributed by atoms with E-state index >= 15 is 0 Å². The first kappa shape index (κ1) is 14.4. The first-order chi connectivity index (χ1) is 11.4. The van der Waals surface area contributed by atoms with Crippen molar-refractivity contribution in [3.8, 4) is 0 Å². The van der Waals surface area contributed by atoms with Crippen LogP contribution in [0.2, 0.25) is 0 Å². The molecule has 2 N–H and O–H groups in total. The summed E-state index contributed by atoms with van der Waals surface area (Å²) in [7, 11) is 0. The van der Waals surface area contributed by atoms with Crippen LogP contribution in [0.1, 0.15) is 6.42 Å². The third kappa shape index (κ3) is 3.28. The number of nitrogens with zero attached hydrogens (tertiary/aromatic N) is 2. The van der Waals surface area contributed by atoms with Crippen LogP contribution in [0, 0.1) is 0 Å². The number of hydrogen-bond acceptors (Lipinski definition) is 6. The lowest BCUT2D eigenvalue weighted by Crippen LogP contribution is -2.08. The lowest BCUT2D eigenvalue weighted by molar-refractivity contribution is 0.907. The fraction of sp³-hybridized carbons (Fsp3) is 0.176. The normalized spacial score (nSPS) is 11.1. The van der Waals surface area contributed by atoms with Crippen molar-refractivity contribution in [2.24, 2.45) is 0 Å². The molecule has 0 aliphatic heterocycles. The predicted molar refractivity (Wildman–Crippen MR) is 101 cm³/mol. The Morgan fingerprint density at radius 2 is 1.17 bits per heavy atom. The van der Waals surface area contributed by atoms with Crippen LogP contribution in [0.15, 0.2) is 48.5 Å². The zero-order valence-electron chi connectivity index (χ0n) is 12.5. The molecule has 2 aromatic heterocycles. The van der Waals surface area contributed by atoms with E-state index in [0.29, 0.717) is 0 Å². The third-order valence-corrected chi connectivity index (χ3v) is 5.48. The smallest absolute Gasteiger partial charge is 0.183 e. The highest BCUT2D eigenvalue weighted by Gasteiger charge is 2.03. The highest BCUT2D eigenvalue weighted by molar-refractivity contribution is 7.22. The molecule has 0 atom stereocenters. The highest BCUT2D eigenvalue weighted by atomic mass is 32.1. The van der Waals surface area contributed by atoms with Crippen LogP contribution < -0.4 is 10.6 Å². The molecular formula is C17H16N4S2. The Kier molecular flexibility index (Phi) is 4.08. The number of hydrogen-bond donors (Lipinski definition) is 2. The SMILES string of the molecule is c1ccc2sc(NCCCNc3nc4ccccc4s3)nc2c1. The molecule has 0 spiro atoms. The Hall–Kier alpha value is -2.18. The van der Waals surface area contributed by atoms with E-state index in [9.17, 15) is 0 Å². The first-order valence-electron chi connectivity index (χ1n) is 7.57. The number of nitrogens with one attached hydrogen (secondary N) is 2. The molecule has 4 nitrogen and oxygen atoms in total. The van der Waals surface area contributed by atoms with Gasteiger partial charge in [0.2, 0.25) is 0 Å². The molecule has 0 saturated carbocycles. The fourth-order valence-electron chi connectivity index (χ4n) is 2.37. The number of para-hydroxylation sites is 2. The molecule has 0 aliphatic rings. The second-order valence-electron chi connectivity index (χ2n) is 5.18. The molecule has 6 heteroatoms. The molecular weight excluding hydrogens is 324 g/mol. The molecule has 2 heterocycles. The summed E-state index contributed by atoms with van der Waals surface area (Å²) < 4.78 is 2.45. The molecule has 0 bridgehead atoms. The van der Waals surface area contributed by atoms with Crippen LogP contribution in [-0.4, -0.2) is 23.1 Å². The summed E-state index contributed by atoms with van der Waals surface area (Å²) in [5, 5.41) is 8.78. The number of thiazole rings is 2. The maximum atomic E-state index is 4.57. The summed E-state index contributed by atoms with van der Waals surface area (Å²) in [6.07, 6.45) is 1.02. The Bertz CT molecular complexity index is 786. The molecule has 0 radical (unpaired) electrons. The Balaban J connectivity index is 1.27. The second-order valence-corrected chi connectivity index (χ2v) is 7.24. The number of anilines is 2. The van der Waals surface area contributed by atoms with Gasteiger partial charge in [0.05, 0.1) is 20.4 Å². The maximum Gasteiger partial charge on any atom is 0.183 e. The summed E-state index contributed by atoms with van der Waals surface area (Å²) in [6.45, 7) is 1.80. The molecule has 0 fully saturated rings. The van der Waals surface area contributed by atoms with Crippen LogP contribution in [-0.2, 0) is 0 Å². The minimum atomic E-state index is 0.901. The summed E-state index contributed by atoms with van der Waals surface area (Å²) >= 11 is 3.40. The van der Waals surface area contributed by atoms with Gasteiger partial charge in [-0.2, -0.15) is 0 Å². The van der Waals surface area contributed by atoms with Crippen molar-refractivity contribution in [3.05, 3.63) is 48.5 Å². The second kappa shape index (κ2) is 6.52. The summed E-state index contributed by atoms with van der Waals surface area (Å²) in [4.78, 5) is 9.15. The molecule has 4 rings (SSSR count). The predicted octanol–water partition coefficient (Wildman–Crippen LogP) is 4.82. The highest BCUT2D eigenvalue weighted by Crippen LogP contribution is 2.26. The van der Waals surface area contributed by atoms with Gasteiger partial charge in [-0.15, -0.1) is 0 Å². The van der Waals surface area contributed by atoms with Crippen molar-refractivity contribution < 1.29 is 0 Å². The van der Waals surface area contributed by atoms with E-state index in [2.05, 4.69) is 32.7 Å². The number of fused-ring (bicyclic) bond motifs is 2. The topological polar surface area (TPSA) is 49.8 Å². The Labute approximate surface area is 142 Å². The lowest BCUT2D eigenvalue weighted by atomic mass is 10.3. The number of aromatic nitrogens is 2. The molecule has 116 valence electrons. The summed E-state index contributed by atoms with van der Waals surface area (Å²) in [5.74, 6) is 0. The van der Waals surface area contributed by atoms with Crippen molar-refractivity contribution in [1.82, 2.24) is 9.97 Å². The molecule has 23 heavy (non-hydrogen) atoms. The molecule has 0 unspecified atom stereocenters. The van der Waals surface area contributed by atoms with E-state index in [1.165, 1.54) is 9.40 Å². The van der Waals surface area contributed by atoms with Crippen LogP contribution >= 0.6 is 22.7 Å². The average Bonchev–Trinajstić information content (AvgIpc) is 3.17. The molecule has 2 aromatic carbocycles. The van der Waals surface area contributed by atoms with Crippen LogP contribution in [0.4, 0.5) is 10.3 Å². The fourth-order valence-corrected chi connectivity index (χ4v) is 4.16. The van der Waals surface area contributed by atoms with Gasteiger partial charge in [-0.3, -0.25) is 0 Å². The van der Waals surface area contributed by atoms with E-state index in [4.69, 9.17) is 0 Å². The Morgan fingerprint density at radius 3 is 1.65 bits per heavy atom. The Morgan fingerprint density at radius 1 is 0.696 bits per heavy atom. The quantitative estimate of drug-likeness (QED) is 0.494. The standard InChI is InChI=1S/C17H16N4S2/c1-3-8-14-12(6-1)20-16(22-14)18-10-5-11-19-17-21-13-7-2-4-9-15(13)23-17/h1-4,6-9H,5,10-11H2,(H,18,20)(H,19,21). The maximum absolute atomic E-state index is 4.57. The van der Waals surface area contributed by atoms with Crippen LogP contribution in [0.25, 0.3) is 20.4 Å². The van der Waals surface area contributed by atoms with Gasteiger partial charge in [0, 0.05) is 13.1 Å². The average molecular weight is 340 g/mol. The van der Waals surface area contributed by atoms with Gasteiger partial charge in [0.1, 0.15) is 0 Å². The van der Waals surface area contributed by atoms with E-state index in [-0.39, 0.29) is 0 Å².